The van der Waals surface area contributed by atoms with Crippen LogP contribution in [0.5, 0.6) is 0 Å². The van der Waals surface area contributed by atoms with Crippen LogP contribution < -0.4 is 0 Å². The Labute approximate surface area is 124 Å². The van der Waals surface area contributed by atoms with Crippen molar-refractivity contribution in [1.82, 2.24) is 4.90 Å². The number of amides is 1. The van der Waals surface area contributed by atoms with Crippen LogP contribution in [0.2, 0.25) is 5.02 Å². The molecule has 0 radical (unpaired) electrons. The summed E-state index contributed by atoms with van der Waals surface area (Å²) in [4.78, 5) is 14.1. The van der Waals surface area contributed by atoms with Crippen molar-refractivity contribution >= 4 is 28.6 Å². The highest BCUT2D eigenvalue weighted by molar-refractivity contribution is 8.12. The topological polar surface area (TPSA) is 20.3 Å². The van der Waals surface area contributed by atoms with Gasteiger partial charge in [-0.3, -0.25) is 4.79 Å². The van der Waals surface area contributed by atoms with Crippen LogP contribution >= 0.6 is 23.4 Å². The minimum absolute atomic E-state index is 0.182. The summed E-state index contributed by atoms with van der Waals surface area (Å²) >= 11 is 7.23. The average molecular weight is 298 g/mol. The van der Waals surface area contributed by atoms with Gasteiger partial charge in [-0.1, -0.05) is 54.8 Å². The smallest absolute Gasteiger partial charge is 0.281 e. The van der Waals surface area contributed by atoms with Crippen molar-refractivity contribution in [3.8, 4) is 0 Å². The molecule has 0 heterocycles. The van der Waals surface area contributed by atoms with E-state index in [-0.39, 0.29) is 5.24 Å². The standard InChI is InChI=1S/C15H20ClNOS/c1-17(14-5-3-2-4-6-14)15(18)19-11-12-7-9-13(16)10-8-12/h7-10,14H,2-6,11H2,1H3. The SMILES string of the molecule is CN(C(=O)SCc1ccc(Cl)cc1)C1CCCCC1. The second kappa shape index (κ2) is 7.20. The fraction of sp³-hybridized carbons (Fsp3) is 0.533. The van der Waals surface area contributed by atoms with Crippen LogP contribution in [0.15, 0.2) is 24.3 Å². The zero-order valence-corrected chi connectivity index (χ0v) is 12.8. The molecule has 2 rings (SSSR count). The molecule has 0 bridgehead atoms. The lowest BCUT2D eigenvalue weighted by atomic mass is 9.95. The van der Waals surface area contributed by atoms with E-state index in [4.69, 9.17) is 11.6 Å². The molecule has 1 aromatic carbocycles. The maximum Gasteiger partial charge on any atom is 0.281 e. The number of carbonyl (C=O) groups is 1. The number of hydrogen-bond acceptors (Lipinski definition) is 2. The van der Waals surface area contributed by atoms with Gasteiger partial charge in [0.2, 0.25) is 0 Å². The minimum Gasteiger partial charge on any atom is -0.334 e. The maximum atomic E-state index is 12.1. The van der Waals surface area contributed by atoms with Crippen LogP contribution in [-0.4, -0.2) is 23.2 Å². The zero-order chi connectivity index (χ0) is 13.7. The van der Waals surface area contributed by atoms with Gasteiger partial charge in [0.1, 0.15) is 0 Å². The van der Waals surface area contributed by atoms with Crippen LogP contribution in [0.1, 0.15) is 37.7 Å². The van der Waals surface area contributed by atoms with Gasteiger partial charge in [0, 0.05) is 23.9 Å². The second-order valence-corrected chi connectivity index (χ2v) is 6.45. The van der Waals surface area contributed by atoms with Crippen molar-refractivity contribution in [2.45, 2.75) is 43.9 Å². The van der Waals surface area contributed by atoms with E-state index in [1.54, 1.807) is 0 Å². The van der Waals surface area contributed by atoms with Crippen molar-refractivity contribution < 1.29 is 4.79 Å². The van der Waals surface area contributed by atoms with Crippen molar-refractivity contribution in [3.05, 3.63) is 34.9 Å². The summed E-state index contributed by atoms with van der Waals surface area (Å²) in [5, 5.41) is 0.918. The number of rotatable bonds is 3. The van der Waals surface area contributed by atoms with Gasteiger partial charge in [0.25, 0.3) is 5.24 Å². The molecular formula is C15H20ClNOS. The van der Waals surface area contributed by atoms with Crippen molar-refractivity contribution in [2.24, 2.45) is 0 Å². The van der Waals surface area contributed by atoms with Crippen molar-refractivity contribution in [2.75, 3.05) is 7.05 Å². The van der Waals surface area contributed by atoms with Gasteiger partial charge >= 0.3 is 0 Å². The van der Waals surface area contributed by atoms with E-state index < -0.39 is 0 Å². The molecule has 0 N–H and O–H groups in total. The van der Waals surface area contributed by atoms with E-state index >= 15 is 0 Å². The summed E-state index contributed by atoms with van der Waals surface area (Å²) in [6.07, 6.45) is 6.14. The number of hydrogen-bond donors (Lipinski definition) is 0. The number of nitrogens with zero attached hydrogens (tertiary/aromatic N) is 1. The minimum atomic E-state index is 0.182. The highest BCUT2D eigenvalue weighted by Gasteiger charge is 2.22. The molecule has 1 fully saturated rings. The summed E-state index contributed by atoms with van der Waals surface area (Å²) in [5.74, 6) is 0.715. The molecule has 1 aromatic rings. The molecule has 19 heavy (non-hydrogen) atoms. The summed E-state index contributed by atoms with van der Waals surface area (Å²) in [6, 6.07) is 8.13. The van der Waals surface area contributed by atoms with E-state index in [0.717, 1.165) is 23.4 Å². The third-order valence-electron chi connectivity index (χ3n) is 3.69. The second-order valence-electron chi connectivity index (χ2n) is 5.08. The number of benzene rings is 1. The number of thioether (sulfide) groups is 1. The first-order valence-electron chi connectivity index (χ1n) is 6.81. The Bertz CT molecular complexity index is 415. The largest absolute Gasteiger partial charge is 0.334 e. The van der Waals surface area contributed by atoms with Crippen LogP contribution in [0.3, 0.4) is 0 Å². The van der Waals surface area contributed by atoms with E-state index in [1.807, 2.05) is 36.2 Å². The highest BCUT2D eigenvalue weighted by Crippen LogP contribution is 2.25. The lowest BCUT2D eigenvalue weighted by molar-refractivity contribution is 0.196. The van der Waals surface area contributed by atoms with Gasteiger partial charge in [-0.2, -0.15) is 0 Å². The fourth-order valence-electron chi connectivity index (χ4n) is 2.44. The lowest BCUT2D eigenvalue weighted by Gasteiger charge is -2.30. The first-order valence-corrected chi connectivity index (χ1v) is 8.17. The maximum absolute atomic E-state index is 12.1. The summed E-state index contributed by atoms with van der Waals surface area (Å²) in [7, 11) is 1.94. The Morgan fingerprint density at radius 3 is 2.53 bits per heavy atom. The van der Waals surface area contributed by atoms with Gasteiger partial charge < -0.3 is 4.90 Å². The monoisotopic (exact) mass is 297 g/mol. The molecule has 0 unspecified atom stereocenters. The van der Waals surface area contributed by atoms with Gasteiger partial charge in [-0.15, -0.1) is 0 Å². The Kier molecular flexibility index (Phi) is 5.59. The normalized spacial score (nSPS) is 16.3. The summed E-state index contributed by atoms with van der Waals surface area (Å²) < 4.78 is 0. The Morgan fingerprint density at radius 2 is 1.89 bits per heavy atom. The number of halogens is 1. The molecule has 0 aliphatic heterocycles. The molecule has 0 aromatic heterocycles. The fourth-order valence-corrected chi connectivity index (χ4v) is 3.41. The van der Waals surface area contributed by atoms with Crippen LogP contribution in [-0.2, 0) is 5.75 Å². The van der Waals surface area contributed by atoms with Crippen molar-refractivity contribution in [1.29, 1.82) is 0 Å². The molecule has 104 valence electrons. The van der Waals surface area contributed by atoms with E-state index in [2.05, 4.69) is 0 Å². The van der Waals surface area contributed by atoms with Crippen LogP contribution in [0.25, 0.3) is 0 Å². The number of carbonyl (C=O) groups excluding carboxylic acids is 1. The third-order valence-corrected chi connectivity index (χ3v) is 4.95. The van der Waals surface area contributed by atoms with Crippen LogP contribution in [0.4, 0.5) is 4.79 Å². The van der Waals surface area contributed by atoms with Crippen molar-refractivity contribution in [3.63, 3.8) is 0 Å². The molecular weight excluding hydrogens is 278 g/mol. The predicted molar refractivity (Wildman–Crippen MR) is 82.8 cm³/mol. The zero-order valence-electron chi connectivity index (χ0n) is 11.3. The molecule has 0 atom stereocenters. The molecule has 2 nitrogen and oxygen atoms in total. The Morgan fingerprint density at radius 1 is 1.26 bits per heavy atom. The molecule has 4 heteroatoms. The average Bonchev–Trinajstić information content (AvgIpc) is 2.46. The van der Waals surface area contributed by atoms with E-state index in [9.17, 15) is 4.79 Å². The molecule has 0 saturated heterocycles. The van der Waals surface area contributed by atoms with Crippen LogP contribution in [0, 0.1) is 0 Å². The lowest BCUT2D eigenvalue weighted by Crippen LogP contribution is -2.36. The summed E-state index contributed by atoms with van der Waals surface area (Å²) in [5.41, 5.74) is 1.14. The summed E-state index contributed by atoms with van der Waals surface area (Å²) in [6.45, 7) is 0. The molecule has 1 saturated carbocycles. The highest BCUT2D eigenvalue weighted by atomic mass is 35.5. The molecule has 0 spiro atoms. The van der Waals surface area contributed by atoms with Gasteiger partial charge in [-0.25, -0.2) is 0 Å². The Balaban J connectivity index is 1.81. The van der Waals surface area contributed by atoms with Gasteiger partial charge in [-0.05, 0) is 30.5 Å². The molecule has 1 amide bonds. The van der Waals surface area contributed by atoms with Gasteiger partial charge in [0.15, 0.2) is 0 Å². The predicted octanol–water partition coefficient (Wildman–Crippen LogP) is 4.96. The molecule has 1 aliphatic carbocycles. The first kappa shape index (κ1) is 14.7. The van der Waals surface area contributed by atoms with E-state index in [0.29, 0.717) is 11.8 Å². The molecule has 1 aliphatic rings. The first-order chi connectivity index (χ1) is 9.16. The third kappa shape index (κ3) is 4.43. The quantitative estimate of drug-likeness (QED) is 0.786. The van der Waals surface area contributed by atoms with E-state index in [1.165, 1.54) is 31.0 Å². The Hall–Kier alpha value is -0.670. The van der Waals surface area contributed by atoms with Gasteiger partial charge in [0.05, 0.1) is 0 Å².